The molecule has 3 heterocycles. The second-order valence-electron chi connectivity index (χ2n) is 6.17. The lowest BCUT2D eigenvalue weighted by molar-refractivity contribution is 0.0946. The van der Waals surface area contributed by atoms with Gasteiger partial charge in [-0.05, 0) is 30.2 Å². The van der Waals surface area contributed by atoms with Gasteiger partial charge in [0.05, 0.1) is 5.69 Å². The van der Waals surface area contributed by atoms with Crippen LogP contribution in [0.25, 0.3) is 17.0 Å². The van der Waals surface area contributed by atoms with Gasteiger partial charge in [-0.3, -0.25) is 9.78 Å². The number of carbonyl (C=O) groups excluding carboxylic acids is 1. The minimum Gasteiger partial charge on any atom is -0.347 e. The van der Waals surface area contributed by atoms with Gasteiger partial charge in [0.25, 0.3) is 5.91 Å². The van der Waals surface area contributed by atoms with Gasteiger partial charge in [0.15, 0.2) is 5.65 Å². The summed E-state index contributed by atoms with van der Waals surface area (Å²) >= 11 is 0. The quantitative estimate of drug-likeness (QED) is 0.595. The van der Waals surface area contributed by atoms with Gasteiger partial charge in [-0.2, -0.15) is 5.10 Å². The van der Waals surface area contributed by atoms with Crippen LogP contribution in [0.15, 0.2) is 66.9 Å². The lowest BCUT2D eigenvalue weighted by Crippen LogP contribution is -2.24. The molecule has 0 saturated carbocycles. The van der Waals surface area contributed by atoms with Crippen LogP contribution in [0.5, 0.6) is 0 Å². The van der Waals surface area contributed by atoms with Crippen molar-refractivity contribution in [3.05, 3.63) is 83.8 Å². The molecule has 0 fully saturated rings. The Morgan fingerprint density at radius 3 is 2.59 bits per heavy atom. The summed E-state index contributed by atoms with van der Waals surface area (Å²) < 4.78 is 1.78. The van der Waals surface area contributed by atoms with Crippen molar-refractivity contribution in [2.24, 2.45) is 0 Å². The molecule has 4 rings (SSSR count). The van der Waals surface area contributed by atoms with E-state index in [0.717, 1.165) is 29.1 Å². The molecule has 6 heteroatoms. The molecule has 0 aliphatic carbocycles. The zero-order chi connectivity index (χ0) is 18.6. The maximum absolute atomic E-state index is 12.6. The van der Waals surface area contributed by atoms with E-state index >= 15 is 0 Å². The van der Waals surface area contributed by atoms with Crippen LogP contribution in [-0.4, -0.2) is 25.5 Å². The van der Waals surface area contributed by atoms with E-state index in [2.05, 4.69) is 20.4 Å². The predicted molar refractivity (Wildman–Crippen MR) is 103 cm³/mol. The monoisotopic (exact) mass is 357 g/mol. The highest BCUT2D eigenvalue weighted by molar-refractivity contribution is 5.92. The van der Waals surface area contributed by atoms with Crippen LogP contribution >= 0.6 is 0 Å². The third-order valence-electron chi connectivity index (χ3n) is 4.32. The number of carbonyl (C=O) groups is 1. The van der Waals surface area contributed by atoms with E-state index in [1.54, 1.807) is 16.8 Å². The molecule has 0 unspecified atom stereocenters. The van der Waals surface area contributed by atoms with Crippen molar-refractivity contribution in [2.45, 2.75) is 19.9 Å². The Morgan fingerprint density at radius 2 is 1.85 bits per heavy atom. The molecule has 134 valence electrons. The zero-order valence-electron chi connectivity index (χ0n) is 15.0. The number of amides is 1. The van der Waals surface area contributed by atoms with E-state index < -0.39 is 0 Å². The minimum atomic E-state index is -0.198. The van der Waals surface area contributed by atoms with Gasteiger partial charge in [0, 0.05) is 24.5 Å². The van der Waals surface area contributed by atoms with Crippen molar-refractivity contribution < 1.29 is 4.79 Å². The van der Waals surface area contributed by atoms with Crippen molar-refractivity contribution in [3.8, 4) is 11.4 Å². The average molecular weight is 357 g/mol. The Hall–Kier alpha value is -3.54. The third-order valence-corrected chi connectivity index (χ3v) is 4.32. The average Bonchev–Trinajstić information content (AvgIpc) is 3.17. The van der Waals surface area contributed by atoms with Crippen LogP contribution in [0.1, 0.15) is 28.7 Å². The molecule has 3 aromatic heterocycles. The van der Waals surface area contributed by atoms with Crippen LogP contribution in [0, 0.1) is 0 Å². The van der Waals surface area contributed by atoms with Gasteiger partial charge >= 0.3 is 0 Å². The standard InChI is InChI=1S/C21H19N5O/c1-2-16-12-19(21(27)23-14-15-8-4-3-5-9-15)24-20-13-18(25-26(16)20)17-10-6-7-11-22-17/h3-13H,2,14H2,1H3,(H,23,27). The Balaban J connectivity index is 1.64. The number of rotatable bonds is 5. The Kier molecular flexibility index (Phi) is 4.61. The minimum absolute atomic E-state index is 0.198. The lowest BCUT2D eigenvalue weighted by Gasteiger charge is -2.07. The summed E-state index contributed by atoms with van der Waals surface area (Å²) in [4.78, 5) is 21.4. The van der Waals surface area contributed by atoms with E-state index in [1.165, 1.54) is 0 Å². The number of pyridine rings is 1. The summed E-state index contributed by atoms with van der Waals surface area (Å²) in [5.41, 5.74) is 4.51. The number of aryl methyl sites for hydroxylation is 1. The summed E-state index contributed by atoms with van der Waals surface area (Å²) in [6.45, 7) is 2.50. The largest absolute Gasteiger partial charge is 0.347 e. The zero-order valence-corrected chi connectivity index (χ0v) is 15.0. The maximum Gasteiger partial charge on any atom is 0.270 e. The number of hydrogen-bond donors (Lipinski definition) is 1. The highest BCUT2D eigenvalue weighted by Crippen LogP contribution is 2.18. The van der Waals surface area contributed by atoms with Gasteiger partial charge in [-0.1, -0.05) is 43.3 Å². The van der Waals surface area contributed by atoms with E-state index in [-0.39, 0.29) is 5.91 Å². The van der Waals surface area contributed by atoms with Crippen LogP contribution in [-0.2, 0) is 13.0 Å². The first-order valence-electron chi connectivity index (χ1n) is 8.88. The fraction of sp³-hybridized carbons (Fsp3) is 0.143. The van der Waals surface area contributed by atoms with Crippen LogP contribution < -0.4 is 5.32 Å². The molecule has 0 radical (unpaired) electrons. The highest BCUT2D eigenvalue weighted by Gasteiger charge is 2.14. The Bertz CT molecular complexity index is 1070. The number of benzene rings is 1. The molecule has 0 aliphatic rings. The first-order chi connectivity index (χ1) is 13.2. The number of fused-ring (bicyclic) bond motifs is 1. The van der Waals surface area contributed by atoms with Crippen molar-refractivity contribution in [1.82, 2.24) is 24.9 Å². The van der Waals surface area contributed by atoms with Crippen LogP contribution in [0.2, 0.25) is 0 Å². The summed E-state index contributed by atoms with van der Waals surface area (Å²) in [7, 11) is 0. The summed E-state index contributed by atoms with van der Waals surface area (Å²) in [5, 5.41) is 7.53. The maximum atomic E-state index is 12.6. The fourth-order valence-corrected chi connectivity index (χ4v) is 2.91. The van der Waals surface area contributed by atoms with Gasteiger partial charge in [0.1, 0.15) is 11.4 Å². The molecule has 0 atom stereocenters. The van der Waals surface area contributed by atoms with Crippen LogP contribution in [0.3, 0.4) is 0 Å². The summed E-state index contributed by atoms with van der Waals surface area (Å²) in [6, 6.07) is 19.1. The van der Waals surface area contributed by atoms with E-state index in [4.69, 9.17) is 0 Å². The Morgan fingerprint density at radius 1 is 1.04 bits per heavy atom. The SMILES string of the molecule is CCc1cc(C(=O)NCc2ccccc2)nc2cc(-c3ccccn3)nn12. The van der Waals surface area contributed by atoms with Gasteiger partial charge < -0.3 is 5.32 Å². The van der Waals surface area contributed by atoms with Crippen LogP contribution in [0.4, 0.5) is 0 Å². The topological polar surface area (TPSA) is 72.2 Å². The molecule has 27 heavy (non-hydrogen) atoms. The summed E-state index contributed by atoms with van der Waals surface area (Å²) in [6.07, 6.45) is 2.47. The number of hydrogen-bond acceptors (Lipinski definition) is 4. The molecule has 0 bridgehead atoms. The number of nitrogens with one attached hydrogen (secondary N) is 1. The van der Waals surface area contributed by atoms with Gasteiger partial charge in [-0.25, -0.2) is 9.50 Å². The third kappa shape index (κ3) is 3.55. The molecule has 0 saturated heterocycles. The summed E-state index contributed by atoms with van der Waals surface area (Å²) in [5.74, 6) is -0.198. The molecule has 1 aromatic carbocycles. The first-order valence-corrected chi connectivity index (χ1v) is 8.88. The van der Waals surface area contributed by atoms with Crippen molar-refractivity contribution in [1.29, 1.82) is 0 Å². The predicted octanol–water partition coefficient (Wildman–Crippen LogP) is 3.28. The smallest absolute Gasteiger partial charge is 0.270 e. The molecule has 1 N–H and O–H groups in total. The van der Waals surface area contributed by atoms with E-state index in [9.17, 15) is 4.79 Å². The van der Waals surface area contributed by atoms with Gasteiger partial charge in [0.2, 0.25) is 0 Å². The molecule has 0 aliphatic heterocycles. The van der Waals surface area contributed by atoms with Crippen molar-refractivity contribution >= 4 is 11.6 Å². The number of aromatic nitrogens is 4. The fourth-order valence-electron chi connectivity index (χ4n) is 2.91. The van der Waals surface area contributed by atoms with Crippen molar-refractivity contribution in [2.75, 3.05) is 0 Å². The molecular weight excluding hydrogens is 338 g/mol. The second kappa shape index (κ2) is 7.37. The van der Waals surface area contributed by atoms with Crippen molar-refractivity contribution in [3.63, 3.8) is 0 Å². The molecular formula is C21H19N5O. The molecule has 1 amide bonds. The normalized spacial score (nSPS) is 10.9. The highest BCUT2D eigenvalue weighted by atomic mass is 16.1. The Labute approximate surface area is 156 Å². The van der Waals surface area contributed by atoms with E-state index in [0.29, 0.717) is 17.9 Å². The molecule has 6 nitrogen and oxygen atoms in total. The lowest BCUT2D eigenvalue weighted by atomic mass is 10.2. The molecule has 0 spiro atoms. The molecule has 4 aromatic rings. The first kappa shape index (κ1) is 16.9. The van der Waals surface area contributed by atoms with Gasteiger partial charge in [-0.15, -0.1) is 0 Å². The second-order valence-corrected chi connectivity index (χ2v) is 6.17. The van der Waals surface area contributed by atoms with E-state index in [1.807, 2.05) is 61.5 Å². The number of nitrogens with zero attached hydrogens (tertiary/aromatic N) is 4.